The van der Waals surface area contributed by atoms with E-state index in [1.807, 2.05) is 12.1 Å². The lowest BCUT2D eigenvalue weighted by atomic mass is 9.98. The first kappa shape index (κ1) is 18.0. The zero-order valence-corrected chi connectivity index (χ0v) is 13.9. The van der Waals surface area contributed by atoms with Crippen LogP contribution in [0.25, 0.3) is 0 Å². The Hall–Kier alpha value is -2.10. The molecule has 0 amide bonds. The summed E-state index contributed by atoms with van der Waals surface area (Å²) in [6.45, 7) is 8.91. The van der Waals surface area contributed by atoms with Crippen LogP contribution < -0.4 is 4.74 Å². The molecule has 4 heteroatoms. The standard InChI is InChI=1S/C18H24O4/c1-12(2)11-22-17-8-6-14(10-15(17)13(3)4)16(19)7-9-18(20)21-5/h6-10,12-13H,11H2,1-5H3/b9-7+. The average Bonchev–Trinajstić information content (AvgIpc) is 2.49. The lowest BCUT2D eigenvalue weighted by Crippen LogP contribution is -2.08. The third kappa shape index (κ3) is 5.35. The van der Waals surface area contributed by atoms with Crippen molar-refractivity contribution in [1.82, 2.24) is 0 Å². The molecule has 0 saturated heterocycles. The van der Waals surface area contributed by atoms with E-state index in [9.17, 15) is 9.59 Å². The molecule has 0 unspecified atom stereocenters. The van der Waals surface area contributed by atoms with E-state index >= 15 is 0 Å². The molecule has 0 atom stereocenters. The van der Waals surface area contributed by atoms with Crippen molar-refractivity contribution in [3.05, 3.63) is 41.5 Å². The topological polar surface area (TPSA) is 52.6 Å². The number of benzene rings is 1. The van der Waals surface area contributed by atoms with Crippen molar-refractivity contribution in [2.75, 3.05) is 13.7 Å². The van der Waals surface area contributed by atoms with Gasteiger partial charge in [0.2, 0.25) is 0 Å². The molecule has 120 valence electrons. The van der Waals surface area contributed by atoms with Gasteiger partial charge in [-0.15, -0.1) is 0 Å². The number of allylic oxidation sites excluding steroid dienone is 1. The van der Waals surface area contributed by atoms with E-state index in [4.69, 9.17) is 4.74 Å². The summed E-state index contributed by atoms with van der Waals surface area (Å²) >= 11 is 0. The Morgan fingerprint density at radius 2 is 1.82 bits per heavy atom. The van der Waals surface area contributed by atoms with Gasteiger partial charge in [-0.25, -0.2) is 4.79 Å². The van der Waals surface area contributed by atoms with E-state index in [1.54, 1.807) is 6.07 Å². The predicted molar refractivity (Wildman–Crippen MR) is 86.4 cm³/mol. The zero-order valence-electron chi connectivity index (χ0n) is 13.9. The molecule has 0 aromatic heterocycles. The van der Waals surface area contributed by atoms with Crippen LogP contribution in [-0.4, -0.2) is 25.5 Å². The van der Waals surface area contributed by atoms with Gasteiger partial charge < -0.3 is 9.47 Å². The summed E-state index contributed by atoms with van der Waals surface area (Å²) in [5.74, 6) is 0.693. The Morgan fingerprint density at radius 3 is 2.36 bits per heavy atom. The number of hydrogen-bond donors (Lipinski definition) is 0. The van der Waals surface area contributed by atoms with Crippen molar-refractivity contribution in [2.45, 2.75) is 33.6 Å². The maximum atomic E-state index is 12.1. The molecule has 0 aliphatic carbocycles. The summed E-state index contributed by atoms with van der Waals surface area (Å²) in [4.78, 5) is 23.1. The summed E-state index contributed by atoms with van der Waals surface area (Å²) in [6, 6.07) is 5.35. The first-order valence-electron chi connectivity index (χ1n) is 7.42. The van der Waals surface area contributed by atoms with Gasteiger partial charge in [0.15, 0.2) is 5.78 Å². The van der Waals surface area contributed by atoms with Gasteiger partial charge in [0.25, 0.3) is 0 Å². The Morgan fingerprint density at radius 1 is 1.14 bits per heavy atom. The highest BCUT2D eigenvalue weighted by Crippen LogP contribution is 2.28. The SMILES string of the molecule is COC(=O)/C=C/C(=O)c1ccc(OCC(C)C)c(C(C)C)c1. The van der Waals surface area contributed by atoms with Crippen LogP contribution in [0.15, 0.2) is 30.4 Å². The van der Waals surface area contributed by atoms with E-state index in [0.29, 0.717) is 18.1 Å². The highest BCUT2D eigenvalue weighted by atomic mass is 16.5. The number of hydrogen-bond acceptors (Lipinski definition) is 4. The van der Waals surface area contributed by atoms with E-state index < -0.39 is 5.97 Å². The minimum Gasteiger partial charge on any atom is -0.493 e. The van der Waals surface area contributed by atoms with Gasteiger partial charge in [-0.2, -0.15) is 0 Å². The molecule has 0 saturated carbocycles. The van der Waals surface area contributed by atoms with Gasteiger partial charge in [-0.1, -0.05) is 27.7 Å². The average molecular weight is 304 g/mol. The van der Waals surface area contributed by atoms with Crippen LogP contribution >= 0.6 is 0 Å². The van der Waals surface area contributed by atoms with Crippen molar-refractivity contribution in [1.29, 1.82) is 0 Å². The summed E-state index contributed by atoms with van der Waals surface area (Å²) in [6.07, 6.45) is 2.35. The number of carbonyl (C=O) groups is 2. The maximum Gasteiger partial charge on any atom is 0.330 e. The molecule has 0 N–H and O–H groups in total. The van der Waals surface area contributed by atoms with Gasteiger partial charge in [0.05, 0.1) is 13.7 Å². The van der Waals surface area contributed by atoms with Crippen LogP contribution in [0.3, 0.4) is 0 Å². The minimum absolute atomic E-state index is 0.234. The Bertz CT molecular complexity index is 556. The zero-order chi connectivity index (χ0) is 16.7. The first-order chi connectivity index (χ1) is 10.3. The smallest absolute Gasteiger partial charge is 0.330 e. The highest BCUT2D eigenvalue weighted by Gasteiger charge is 2.12. The predicted octanol–water partition coefficient (Wildman–Crippen LogP) is 3.76. The largest absolute Gasteiger partial charge is 0.493 e. The fourth-order valence-corrected chi connectivity index (χ4v) is 1.85. The second-order valence-electron chi connectivity index (χ2n) is 5.83. The van der Waals surface area contributed by atoms with Crippen molar-refractivity contribution in [3.63, 3.8) is 0 Å². The van der Waals surface area contributed by atoms with E-state index in [0.717, 1.165) is 17.4 Å². The molecule has 0 aliphatic heterocycles. The summed E-state index contributed by atoms with van der Waals surface area (Å²) in [7, 11) is 1.27. The second kappa shape index (κ2) is 8.37. The normalized spacial score (nSPS) is 11.2. The first-order valence-corrected chi connectivity index (χ1v) is 7.42. The number of methoxy groups -OCH3 is 1. The number of carbonyl (C=O) groups excluding carboxylic acids is 2. The summed E-state index contributed by atoms with van der Waals surface area (Å²) in [5, 5.41) is 0. The lowest BCUT2D eigenvalue weighted by molar-refractivity contribution is -0.134. The lowest BCUT2D eigenvalue weighted by Gasteiger charge is -2.16. The Kier molecular flexibility index (Phi) is 6.83. The third-order valence-corrected chi connectivity index (χ3v) is 3.06. The molecule has 0 radical (unpaired) electrons. The fraction of sp³-hybridized carbons (Fsp3) is 0.444. The van der Waals surface area contributed by atoms with Gasteiger partial charge in [-0.05, 0) is 41.7 Å². The minimum atomic E-state index is -0.547. The van der Waals surface area contributed by atoms with E-state index in [2.05, 4.69) is 32.4 Å². The second-order valence-corrected chi connectivity index (χ2v) is 5.83. The van der Waals surface area contributed by atoms with Crippen molar-refractivity contribution < 1.29 is 19.1 Å². The quantitative estimate of drug-likeness (QED) is 0.437. The molecule has 0 heterocycles. The number of ether oxygens (including phenoxy) is 2. The van der Waals surface area contributed by atoms with E-state index in [-0.39, 0.29) is 11.7 Å². The highest BCUT2D eigenvalue weighted by molar-refractivity contribution is 6.07. The van der Waals surface area contributed by atoms with Crippen LogP contribution in [0.1, 0.15) is 49.5 Å². The molecular formula is C18H24O4. The molecule has 1 aromatic carbocycles. The summed E-state index contributed by atoms with van der Waals surface area (Å²) < 4.78 is 10.3. The number of esters is 1. The van der Waals surface area contributed by atoms with Crippen molar-refractivity contribution in [3.8, 4) is 5.75 Å². The van der Waals surface area contributed by atoms with Crippen LogP contribution in [0.5, 0.6) is 5.75 Å². The molecular weight excluding hydrogens is 280 g/mol. The Labute approximate surface area is 132 Å². The monoisotopic (exact) mass is 304 g/mol. The molecule has 0 aliphatic rings. The maximum absolute atomic E-state index is 12.1. The van der Waals surface area contributed by atoms with Crippen LogP contribution in [0.2, 0.25) is 0 Å². The van der Waals surface area contributed by atoms with Crippen LogP contribution in [0, 0.1) is 5.92 Å². The molecule has 0 spiro atoms. The fourth-order valence-electron chi connectivity index (χ4n) is 1.85. The van der Waals surface area contributed by atoms with Crippen LogP contribution in [0.4, 0.5) is 0 Å². The molecule has 1 aromatic rings. The number of rotatable bonds is 7. The molecule has 22 heavy (non-hydrogen) atoms. The van der Waals surface area contributed by atoms with Gasteiger partial charge in [0, 0.05) is 11.6 Å². The summed E-state index contributed by atoms with van der Waals surface area (Å²) in [5.41, 5.74) is 1.51. The Balaban J connectivity index is 2.99. The van der Waals surface area contributed by atoms with Crippen LogP contribution in [-0.2, 0) is 9.53 Å². The van der Waals surface area contributed by atoms with Gasteiger partial charge >= 0.3 is 5.97 Å². The molecule has 1 rings (SSSR count). The van der Waals surface area contributed by atoms with E-state index in [1.165, 1.54) is 13.2 Å². The third-order valence-electron chi connectivity index (χ3n) is 3.06. The molecule has 0 bridgehead atoms. The van der Waals surface area contributed by atoms with Crippen molar-refractivity contribution in [2.24, 2.45) is 5.92 Å². The van der Waals surface area contributed by atoms with Crippen molar-refractivity contribution >= 4 is 11.8 Å². The molecule has 0 fully saturated rings. The molecule has 4 nitrogen and oxygen atoms in total. The number of ketones is 1. The van der Waals surface area contributed by atoms with Gasteiger partial charge in [0.1, 0.15) is 5.75 Å². The van der Waals surface area contributed by atoms with Gasteiger partial charge in [-0.3, -0.25) is 4.79 Å².